The van der Waals surface area contributed by atoms with Crippen LogP contribution in [0.25, 0.3) is 50.7 Å². The van der Waals surface area contributed by atoms with E-state index in [0.29, 0.717) is 81.3 Å². The molecular weight excluding hydrogens is 1270 g/mol. The summed E-state index contributed by atoms with van der Waals surface area (Å²) in [6, 6.07) is 18.1. The van der Waals surface area contributed by atoms with Gasteiger partial charge in [-0.3, -0.25) is 32.4 Å². The molecule has 0 atom stereocenters. The van der Waals surface area contributed by atoms with Crippen molar-refractivity contribution in [2.24, 2.45) is 23.5 Å². The molecule has 9 aromatic rings. The normalized spacial score (nSPS) is 13.6. The summed E-state index contributed by atoms with van der Waals surface area (Å²) in [6.45, 7) is -8.67. The van der Waals surface area contributed by atoms with E-state index in [4.69, 9.17) is 38.9 Å². The van der Waals surface area contributed by atoms with Gasteiger partial charge in [0.1, 0.15) is 98.7 Å². The molecule has 3 N–H and O–H groups in total. The fourth-order valence-corrected chi connectivity index (χ4v) is 10.4. The van der Waals surface area contributed by atoms with E-state index >= 15 is 0 Å². The molecular formula is C66H63F9N8O12. The number of amides is 1. The molecule has 0 spiro atoms. The molecule has 0 aliphatic heterocycles. The summed E-state index contributed by atoms with van der Waals surface area (Å²) < 4.78 is 163. The number of ketones is 3. The number of nitrogens with two attached hydrogens (primary N) is 1. The maximum absolute atomic E-state index is 13.4. The average molecular weight is 1330 g/mol. The third-order valence-corrected chi connectivity index (χ3v) is 15.4. The maximum atomic E-state index is 13.4. The lowest BCUT2D eigenvalue weighted by molar-refractivity contribution is -0.131. The van der Waals surface area contributed by atoms with E-state index in [0.717, 1.165) is 38.5 Å². The first-order valence-corrected chi connectivity index (χ1v) is 29.9. The minimum absolute atomic E-state index is 0.0123. The van der Waals surface area contributed by atoms with Crippen LogP contribution in [-0.2, 0) is 4.79 Å². The van der Waals surface area contributed by atoms with Crippen molar-refractivity contribution in [2.45, 2.75) is 84.0 Å². The second kappa shape index (κ2) is 30.3. The van der Waals surface area contributed by atoms with Crippen molar-refractivity contribution in [1.82, 2.24) is 33.5 Å². The number of nitrogens with zero attached hydrogens (tertiary/aromatic N) is 6. The summed E-state index contributed by atoms with van der Waals surface area (Å²) in [5.41, 5.74) is 9.99. The number of carbonyl (C=O) groups is 4. The molecule has 0 saturated heterocycles. The van der Waals surface area contributed by atoms with Gasteiger partial charge in [0.15, 0.2) is 17.3 Å². The number of Topliss-reactive ketones (excluding diaryl/α,β-unsaturated/α-hetero) is 3. The fourth-order valence-electron chi connectivity index (χ4n) is 10.4. The smallest absolute Gasteiger partial charge is 0.387 e. The van der Waals surface area contributed by atoms with Gasteiger partial charge >= 0.3 is 26.3 Å². The first-order chi connectivity index (χ1) is 45.7. The van der Waals surface area contributed by atoms with Gasteiger partial charge in [-0.05, 0) is 111 Å². The molecule has 1 amide bonds. The van der Waals surface area contributed by atoms with E-state index in [1.807, 2.05) is 5.32 Å². The van der Waals surface area contributed by atoms with Gasteiger partial charge in [-0.15, -0.1) is 0 Å². The zero-order valence-electron chi connectivity index (χ0n) is 51.2. The standard InChI is InChI=1S/C24H23F4N3O5.C22H23F2N3O4.C20H17F3N2O3/c1-34-18-9-14(10-19(36-24(27)28)21(18)17(32)8-13-2-3-13)16-12-30-20-11-15(4-6-31(16)20)35-7-5-29-23(33)22(25)26;1-29-18-9-14(10-19(31-22(23)24)21(18)17(28)8-13-2-3-13)16-12-26-20-11-15(30-7-5-25)4-6-27(16)20;1-27-16-7-12(14-10-24-18-9-13(21)4-5-25(14)18)8-17(28-20(22)23)19(16)15(26)6-11-2-3-11/h4,6,9-13,22,24H,2-3,5,7-8H2,1H3,(H,29,33);4,6,9-13,22H,2-3,5,7-8,25H2,1H3;4-5,7-11,20H,2-3,6H2,1H3. The number of nitrogens with one attached hydrogen (secondary N) is 1. The van der Waals surface area contributed by atoms with E-state index in [1.165, 1.54) is 70.3 Å². The number of methoxy groups -OCH3 is 3. The molecule has 0 bridgehead atoms. The number of halogens is 9. The molecule has 12 rings (SSSR count). The third-order valence-electron chi connectivity index (χ3n) is 15.4. The number of pyridine rings is 3. The van der Waals surface area contributed by atoms with Crippen molar-refractivity contribution in [1.29, 1.82) is 0 Å². The highest BCUT2D eigenvalue weighted by molar-refractivity contribution is 6.04. The lowest BCUT2D eigenvalue weighted by atomic mass is 10.00. The van der Waals surface area contributed by atoms with Crippen LogP contribution >= 0.6 is 0 Å². The summed E-state index contributed by atoms with van der Waals surface area (Å²) >= 11 is 0. The Morgan fingerprint density at radius 3 is 1.16 bits per heavy atom. The Kier molecular flexibility index (Phi) is 21.7. The van der Waals surface area contributed by atoms with Crippen LogP contribution in [0.2, 0.25) is 0 Å². The van der Waals surface area contributed by atoms with Crippen molar-refractivity contribution in [3.8, 4) is 79.8 Å². The SMILES string of the molecule is COc1cc(-c2cnc3cc(F)ccn23)cc(OC(F)F)c1C(=O)CC1CC1.COc1cc(-c2cnc3cc(OCCN)ccn23)cc(OC(F)F)c1C(=O)CC1CC1.COc1cc(-c2cnc3cc(OCCNC(=O)C(F)F)ccn23)cc(OC(F)F)c1C(=O)CC1CC1. The molecule has 3 aliphatic rings. The van der Waals surface area contributed by atoms with Crippen LogP contribution < -0.4 is 48.9 Å². The number of carbonyl (C=O) groups excluding carboxylic acids is 4. The number of benzene rings is 3. The zero-order valence-corrected chi connectivity index (χ0v) is 51.2. The minimum atomic E-state index is -3.13. The number of aromatic nitrogens is 6. The summed E-state index contributed by atoms with van der Waals surface area (Å²) in [4.78, 5) is 61.9. The van der Waals surface area contributed by atoms with E-state index in [-0.39, 0.29) is 113 Å². The van der Waals surface area contributed by atoms with Gasteiger partial charge in [0.25, 0.3) is 5.91 Å². The number of hydrogen-bond acceptors (Lipinski definition) is 16. The molecule has 6 heterocycles. The lowest BCUT2D eigenvalue weighted by Gasteiger charge is -2.16. The van der Waals surface area contributed by atoms with Gasteiger partial charge in [0.2, 0.25) is 0 Å². The Labute approximate surface area is 536 Å². The number of fused-ring (bicyclic) bond motifs is 3. The van der Waals surface area contributed by atoms with Gasteiger partial charge in [-0.2, -0.15) is 35.1 Å². The van der Waals surface area contributed by atoms with Crippen LogP contribution in [0.3, 0.4) is 0 Å². The first-order valence-electron chi connectivity index (χ1n) is 29.9. The summed E-state index contributed by atoms with van der Waals surface area (Å²) in [7, 11) is 4.11. The molecule has 3 saturated carbocycles. The molecule has 3 aliphatic carbocycles. The van der Waals surface area contributed by atoms with Crippen molar-refractivity contribution in [3.63, 3.8) is 0 Å². The van der Waals surface area contributed by atoms with Crippen LogP contribution in [0.1, 0.15) is 88.9 Å². The Morgan fingerprint density at radius 1 is 0.495 bits per heavy atom. The number of hydrogen-bond donors (Lipinski definition) is 2. The Balaban J connectivity index is 0.000000156. The fraction of sp³-hybridized carbons (Fsp3) is 0.348. The second-order valence-electron chi connectivity index (χ2n) is 22.3. The van der Waals surface area contributed by atoms with E-state index in [9.17, 15) is 58.7 Å². The number of ether oxygens (including phenoxy) is 8. The topological polar surface area (TPSA) is 232 Å². The summed E-state index contributed by atoms with van der Waals surface area (Å²) in [5.74, 6) is -1.12. The molecule has 3 fully saturated rings. The predicted octanol–water partition coefficient (Wildman–Crippen LogP) is 13.0. The van der Waals surface area contributed by atoms with Crippen molar-refractivity contribution in [3.05, 3.63) is 132 Å². The first kappa shape index (κ1) is 67.8. The zero-order chi connectivity index (χ0) is 67.6. The Morgan fingerprint density at radius 2 is 0.832 bits per heavy atom. The van der Waals surface area contributed by atoms with Crippen LogP contribution in [-0.4, -0.2) is 125 Å². The molecule has 95 heavy (non-hydrogen) atoms. The molecule has 3 aromatic carbocycles. The van der Waals surface area contributed by atoms with Gasteiger partial charge in [-0.1, -0.05) is 0 Å². The molecule has 0 radical (unpaired) electrons. The second-order valence-corrected chi connectivity index (χ2v) is 22.3. The highest BCUT2D eigenvalue weighted by atomic mass is 19.3. The third kappa shape index (κ3) is 17.0. The maximum Gasteiger partial charge on any atom is 0.387 e. The number of rotatable bonds is 29. The Hall–Kier alpha value is -10.1. The van der Waals surface area contributed by atoms with Crippen LogP contribution in [0, 0.1) is 23.6 Å². The van der Waals surface area contributed by atoms with Crippen LogP contribution in [0.15, 0.2) is 110 Å². The monoisotopic (exact) mass is 1330 g/mol. The summed E-state index contributed by atoms with van der Waals surface area (Å²) in [5, 5.41) is 2.03. The van der Waals surface area contributed by atoms with E-state index < -0.39 is 38.0 Å². The molecule has 29 heteroatoms. The molecule has 6 aromatic heterocycles. The largest absolute Gasteiger partial charge is 0.496 e. The predicted molar refractivity (Wildman–Crippen MR) is 325 cm³/mol. The van der Waals surface area contributed by atoms with Crippen LogP contribution in [0.4, 0.5) is 39.5 Å². The van der Waals surface area contributed by atoms with Gasteiger partial charge in [0, 0.05) is 79.3 Å². The molecule has 0 unspecified atom stereocenters. The van der Waals surface area contributed by atoms with E-state index in [2.05, 4.69) is 19.7 Å². The van der Waals surface area contributed by atoms with Crippen molar-refractivity contribution < 1.29 is 96.6 Å². The van der Waals surface area contributed by atoms with Crippen molar-refractivity contribution in [2.75, 3.05) is 47.6 Å². The molecule has 20 nitrogen and oxygen atoms in total. The quantitative estimate of drug-likeness (QED) is 0.0252. The highest BCUT2D eigenvalue weighted by Crippen LogP contribution is 2.44. The van der Waals surface area contributed by atoms with Crippen LogP contribution in [0.5, 0.6) is 46.0 Å². The average Bonchev–Trinajstić information content (AvgIpc) is 1.78. The minimum Gasteiger partial charge on any atom is -0.496 e. The highest BCUT2D eigenvalue weighted by Gasteiger charge is 2.33. The number of imidazole rings is 3. The summed E-state index contributed by atoms with van der Waals surface area (Å²) in [6.07, 6.45) is 12.9. The Bertz CT molecular complexity index is 4250. The van der Waals surface area contributed by atoms with Gasteiger partial charge < -0.3 is 48.9 Å². The van der Waals surface area contributed by atoms with Crippen molar-refractivity contribution >= 4 is 40.2 Å². The number of alkyl halides is 8. The van der Waals surface area contributed by atoms with Gasteiger partial charge in [0.05, 0.1) is 63.5 Å². The van der Waals surface area contributed by atoms with E-state index in [1.54, 1.807) is 74.3 Å². The van der Waals surface area contributed by atoms with Gasteiger partial charge in [-0.25, -0.2) is 19.3 Å². The lowest BCUT2D eigenvalue weighted by Crippen LogP contribution is -2.32. The molecule has 502 valence electrons.